The van der Waals surface area contributed by atoms with Gasteiger partial charge in [-0.25, -0.2) is 0 Å². The molecule has 1 fully saturated rings. The molecule has 0 heterocycles. The molecule has 0 unspecified atom stereocenters. The summed E-state index contributed by atoms with van der Waals surface area (Å²) in [7, 11) is 0. The number of carboxylic acids is 1. The predicted octanol–water partition coefficient (Wildman–Crippen LogP) is 3.36. The number of rotatable bonds is 6. The minimum absolute atomic E-state index is 0.0126. The van der Waals surface area contributed by atoms with E-state index in [1.807, 2.05) is 12.1 Å². The summed E-state index contributed by atoms with van der Waals surface area (Å²) in [4.78, 5) is 25.4. The van der Waals surface area contributed by atoms with Gasteiger partial charge in [0.15, 0.2) is 0 Å². The van der Waals surface area contributed by atoms with Gasteiger partial charge in [-0.3, -0.25) is 9.59 Å². The van der Waals surface area contributed by atoms with Crippen LogP contribution in [0.1, 0.15) is 24.8 Å². The zero-order chi connectivity index (χ0) is 16.1. The Morgan fingerprint density at radius 3 is 2.45 bits per heavy atom. The molecule has 1 amide bonds. The summed E-state index contributed by atoms with van der Waals surface area (Å²) in [5.74, 6) is -1.38. The largest absolute Gasteiger partial charge is 0.481 e. The Morgan fingerprint density at radius 1 is 1.27 bits per heavy atom. The number of carbonyl (C=O) groups is 2. The molecule has 1 N–H and O–H groups in total. The number of benzene rings is 1. The Kier molecular flexibility index (Phi) is 5.61. The molecule has 1 saturated carbocycles. The molecule has 0 aromatic heterocycles. The van der Waals surface area contributed by atoms with Crippen molar-refractivity contribution >= 4 is 23.5 Å². The molecule has 118 valence electrons. The lowest BCUT2D eigenvalue weighted by molar-refractivity contribution is -0.141. The van der Waals surface area contributed by atoms with E-state index in [0.29, 0.717) is 37.4 Å². The van der Waals surface area contributed by atoms with Gasteiger partial charge in [0.1, 0.15) is 0 Å². The predicted molar refractivity (Wildman–Crippen MR) is 85.5 cm³/mol. The number of hydrogen-bond acceptors (Lipinski definition) is 2. The summed E-state index contributed by atoms with van der Waals surface area (Å²) in [6.07, 6.45) is 3.35. The van der Waals surface area contributed by atoms with Crippen LogP contribution in [0.2, 0.25) is 5.02 Å². The maximum absolute atomic E-state index is 12.6. The minimum Gasteiger partial charge on any atom is -0.481 e. The molecule has 0 saturated heterocycles. The lowest BCUT2D eigenvalue weighted by atomic mass is 10.0. The number of aliphatic carboxylic acids is 1. The lowest BCUT2D eigenvalue weighted by Gasteiger charge is -2.24. The lowest BCUT2D eigenvalue weighted by Crippen LogP contribution is -2.35. The topological polar surface area (TPSA) is 57.6 Å². The second-order valence-electron chi connectivity index (χ2n) is 5.68. The van der Waals surface area contributed by atoms with Gasteiger partial charge in [-0.05, 0) is 37.0 Å². The summed E-state index contributed by atoms with van der Waals surface area (Å²) in [5.41, 5.74) is 0.993. The number of halogens is 1. The fraction of sp³-hybridized carbons (Fsp3) is 0.412. The molecule has 22 heavy (non-hydrogen) atoms. The number of carboxylic acid groups (broad SMARTS) is 1. The van der Waals surface area contributed by atoms with E-state index >= 15 is 0 Å². The van der Waals surface area contributed by atoms with Gasteiger partial charge in [-0.1, -0.05) is 29.8 Å². The smallest absolute Gasteiger partial charge is 0.306 e. The minimum atomic E-state index is -0.803. The average Bonchev–Trinajstić information content (AvgIpc) is 2.98. The molecule has 1 aliphatic carbocycles. The van der Waals surface area contributed by atoms with Gasteiger partial charge in [0, 0.05) is 24.0 Å². The molecule has 2 atom stereocenters. The van der Waals surface area contributed by atoms with E-state index in [2.05, 4.69) is 6.58 Å². The van der Waals surface area contributed by atoms with Gasteiger partial charge in [0.2, 0.25) is 5.91 Å². The van der Waals surface area contributed by atoms with Gasteiger partial charge in [-0.2, -0.15) is 0 Å². The van der Waals surface area contributed by atoms with Crippen molar-refractivity contribution in [3.05, 3.63) is 47.5 Å². The first-order valence-electron chi connectivity index (χ1n) is 7.38. The Labute approximate surface area is 135 Å². The third kappa shape index (κ3) is 4.10. The molecular weight excluding hydrogens is 302 g/mol. The highest BCUT2D eigenvalue weighted by molar-refractivity contribution is 6.30. The van der Waals surface area contributed by atoms with E-state index in [-0.39, 0.29) is 11.8 Å². The molecular formula is C17H20ClNO3. The standard InChI is InChI=1S/C17H20ClNO3/c1-2-9-19(11-12-3-7-15(18)8-4-12)16(20)13-5-6-14(10-13)17(21)22/h2-4,7-8,13-14H,1,5-6,9-11H2,(H,21,22)/t13-,14+/m0/s1. The van der Waals surface area contributed by atoms with Crippen LogP contribution in [0, 0.1) is 11.8 Å². The normalized spacial score (nSPS) is 20.6. The van der Waals surface area contributed by atoms with E-state index in [1.165, 1.54) is 0 Å². The van der Waals surface area contributed by atoms with Crippen LogP contribution in [-0.4, -0.2) is 28.4 Å². The maximum atomic E-state index is 12.6. The molecule has 2 rings (SSSR count). The van der Waals surface area contributed by atoms with E-state index in [9.17, 15) is 9.59 Å². The van der Waals surface area contributed by atoms with Crippen molar-refractivity contribution in [3.8, 4) is 0 Å². The van der Waals surface area contributed by atoms with Crippen molar-refractivity contribution in [1.29, 1.82) is 0 Å². The van der Waals surface area contributed by atoms with Crippen LogP contribution in [0.3, 0.4) is 0 Å². The van der Waals surface area contributed by atoms with E-state index in [4.69, 9.17) is 16.7 Å². The number of nitrogens with zero attached hydrogens (tertiary/aromatic N) is 1. The highest BCUT2D eigenvalue weighted by Crippen LogP contribution is 2.32. The van der Waals surface area contributed by atoms with Crippen LogP contribution < -0.4 is 0 Å². The van der Waals surface area contributed by atoms with E-state index < -0.39 is 11.9 Å². The number of carbonyl (C=O) groups excluding carboxylic acids is 1. The summed E-state index contributed by atoms with van der Waals surface area (Å²) >= 11 is 5.87. The van der Waals surface area contributed by atoms with Crippen LogP contribution in [0.15, 0.2) is 36.9 Å². The van der Waals surface area contributed by atoms with E-state index in [0.717, 1.165) is 5.56 Å². The van der Waals surface area contributed by atoms with Crippen molar-refractivity contribution in [2.75, 3.05) is 6.54 Å². The zero-order valence-electron chi connectivity index (χ0n) is 12.4. The Hall–Kier alpha value is -1.81. The van der Waals surface area contributed by atoms with E-state index in [1.54, 1.807) is 23.1 Å². The molecule has 1 aromatic rings. The molecule has 0 aliphatic heterocycles. The third-order valence-electron chi connectivity index (χ3n) is 4.08. The quantitative estimate of drug-likeness (QED) is 0.817. The fourth-order valence-electron chi connectivity index (χ4n) is 2.89. The molecule has 1 aromatic carbocycles. The molecule has 5 heteroatoms. The van der Waals surface area contributed by atoms with Crippen LogP contribution in [0.25, 0.3) is 0 Å². The first-order valence-corrected chi connectivity index (χ1v) is 7.76. The van der Waals surface area contributed by atoms with Gasteiger partial charge in [0.05, 0.1) is 5.92 Å². The molecule has 0 radical (unpaired) electrons. The van der Waals surface area contributed by atoms with Crippen molar-refractivity contribution in [2.24, 2.45) is 11.8 Å². The number of hydrogen-bond donors (Lipinski definition) is 1. The summed E-state index contributed by atoms with van der Waals surface area (Å²) in [5, 5.41) is 9.72. The molecule has 0 spiro atoms. The molecule has 4 nitrogen and oxygen atoms in total. The second kappa shape index (κ2) is 7.45. The Bertz CT molecular complexity index is 556. The average molecular weight is 322 g/mol. The summed E-state index contributed by atoms with van der Waals surface area (Å²) in [6.45, 7) is 4.64. The van der Waals surface area contributed by atoms with Gasteiger partial charge in [-0.15, -0.1) is 6.58 Å². The first-order chi connectivity index (χ1) is 10.5. The highest BCUT2D eigenvalue weighted by atomic mass is 35.5. The maximum Gasteiger partial charge on any atom is 0.306 e. The molecule has 1 aliphatic rings. The third-order valence-corrected chi connectivity index (χ3v) is 4.33. The van der Waals surface area contributed by atoms with Crippen molar-refractivity contribution < 1.29 is 14.7 Å². The van der Waals surface area contributed by atoms with Crippen LogP contribution in [0.4, 0.5) is 0 Å². The van der Waals surface area contributed by atoms with Crippen molar-refractivity contribution in [2.45, 2.75) is 25.8 Å². The zero-order valence-corrected chi connectivity index (χ0v) is 13.1. The molecule has 0 bridgehead atoms. The highest BCUT2D eigenvalue weighted by Gasteiger charge is 2.35. The second-order valence-corrected chi connectivity index (χ2v) is 6.12. The SMILES string of the molecule is C=CCN(Cc1ccc(Cl)cc1)C(=O)[C@H]1CC[C@@H](C(=O)O)C1. The summed E-state index contributed by atoms with van der Waals surface area (Å²) < 4.78 is 0. The van der Waals surface area contributed by atoms with Gasteiger partial charge >= 0.3 is 5.97 Å². The van der Waals surface area contributed by atoms with Crippen molar-refractivity contribution in [1.82, 2.24) is 4.90 Å². The Morgan fingerprint density at radius 2 is 1.91 bits per heavy atom. The monoisotopic (exact) mass is 321 g/mol. The van der Waals surface area contributed by atoms with Gasteiger partial charge in [0.25, 0.3) is 0 Å². The van der Waals surface area contributed by atoms with Crippen LogP contribution in [0.5, 0.6) is 0 Å². The van der Waals surface area contributed by atoms with Crippen LogP contribution in [-0.2, 0) is 16.1 Å². The first kappa shape index (κ1) is 16.6. The van der Waals surface area contributed by atoms with Crippen LogP contribution >= 0.6 is 11.6 Å². The number of amides is 1. The van der Waals surface area contributed by atoms with Crippen molar-refractivity contribution in [3.63, 3.8) is 0 Å². The summed E-state index contributed by atoms with van der Waals surface area (Å²) in [6, 6.07) is 7.37. The Balaban J connectivity index is 2.04. The fourth-order valence-corrected chi connectivity index (χ4v) is 3.01. The van der Waals surface area contributed by atoms with Gasteiger partial charge < -0.3 is 10.0 Å².